The zero-order chi connectivity index (χ0) is 46.8. The fourth-order valence-corrected chi connectivity index (χ4v) is 12.5. The van der Waals surface area contributed by atoms with Crippen molar-refractivity contribution in [3.05, 3.63) is 231 Å². The van der Waals surface area contributed by atoms with Crippen molar-refractivity contribution < 1.29 is 8.83 Å². The normalized spacial score (nSPS) is 12.4. The first kappa shape index (κ1) is 38.1. The van der Waals surface area contributed by atoms with E-state index in [0.717, 1.165) is 110 Å². The average molecular weight is 919 g/mol. The molecule has 0 radical (unpaired) electrons. The molecule has 6 aromatic heterocycles. The monoisotopic (exact) mass is 918 g/mol. The van der Waals surface area contributed by atoms with E-state index in [4.69, 9.17) is 8.83 Å². The minimum Gasteiger partial charge on any atom is -0.455 e. The van der Waals surface area contributed by atoms with Gasteiger partial charge in [0.15, 0.2) is 0 Å². The highest BCUT2D eigenvalue weighted by molar-refractivity contribution is 6.30. The second-order valence-corrected chi connectivity index (χ2v) is 19.2. The van der Waals surface area contributed by atoms with Gasteiger partial charge in [-0.2, -0.15) is 0 Å². The molecule has 17 aromatic rings. The summed E-state index contributed by atoms with van der Waals surface area (Å²) in [6, 6.07) is 83.5. The molecule has 6 nitrogen and oxygen atoms in total. The third-order valence-electron chi connectivity index (χ3n) is 15.6. The van der Waals surface area contributed by atoms with Crippen LogP contribution in [-0.4, -0.2) is 18.3 Å². The van der Waals surface area contributed by atoms with Crippen molar-refractivity contribution in [1.29, 1.82) is 0 Å². The van der Waals surface area contributed by atoms with Gasteiger partial charge in [-0.25, -0.2) is 0 Å². The van der Waals surface area contributed by atoms with Crippen LogP contribution in [0.25, 0.3) is 154 Å². The van der Waals surface area contributed by atoms with Crippen LogP contribution in [-0.2, 0) is 0 Å². The predicted octanol–water partition coefficient (Wildman–Crippen LogP) is 17.9. The van der Waals surface area contributed by atoms with Gasteiger partial charge in [0.05, 0.1) is 54.9 Å². The molecular formula is C66H38N4O2. The average Bonchev–Trinajstić information content (AvgIpc) is 4.28. The summed E-state index contributed by atoms with van der Waals surface area (Å²) in [4.78, 5) is 0. The van der Waals surface area contributed by atoms with E-state index in [0.29, 0.717) is 0 Å². The van der Waals surface area contributed by atoms with Gasteiger partial charge < -0.3 is 27.1 Å². The molecule has 17 rings (SSSR count). The van der Waals surface area contributed by atoms with E-state index in [1.54, 1.807) is 0 Å². The Balaban J connectivity index is 0.958. The number of para-hydroxylation sites is 6. The summed E-state index contributed by atoms with van der Waals surface area (Å²) >= 11 is 0. The molecule has 11 aromatic carbocycles. The van der Waals surface area contributed by atoms with Crippen LogP contribution >= 0.6 is 0 Å². The van der Waals surface area contributed by atoms with Crippen molar-refractivity contribution >= 4 is 131 Å². The number of hydrogen-bond acceptors (Lipinski definition) is 2. The van der Waals surface area contributed by atoms with Crippen molar-refractivity contribution in [2.24, 2.45) is 0 Å². The van der Waals surface area contributed by atoms with Crippen molar-refractivity contribution in [2.45, 2.75) is 0 Å². The number of fused-ring (bicyclic) bond motifs is 20. The van der Waals surface area contributed by atoms with Gasteiger partial charge >= 0.3 is 0 Å². The minimum atomic E-state index is 0.877. The molecule has 0 aliphatic heterocycles. The second-order valence-electron chi connectivity index (χ2n) is 19.2. The van der Waals surface area contributed by atoms with Crippen LogP contribution in [0.1, 0.15) is 0 Å². The third kappa shape index (κ3) is 4.97. The van der Waals surface area contributed by atoms with Crippen LogP contribution in [0.4, 0.5) is 0 Å². The van der Waals surface area contributed by atoms with Gasteiger partial charge in [-0.15, -0.1) is 0 Å². The van der Waals surface area contributed by atoms with E-state index in [1.807, 2.05) is 0 Å². The van der Waals surface area contributed by atoms with E-state index in [1.165, 1.54) is 43.6 Å². The van der Waals surface area contributed by atoms with E-state index < -0.39 is 0 Å². The van der Waals surface area contributed by atoms with E-state index in [-0.39, 0.29) is 0 Å². The van der Waals surface area contributed by atoms with Crippen molar-refractivity contribution in [1.82, 2.24) is 18.3 Å². The maximum absolute atomic E-state index is 6.91. The predicted molar refractivity (Wildman–Crippen MR) is 298 cm³/mol. The largest absolute Gasteiger partial charge is 0.455 e. The lowest BCUT2D eigenvalue weighted by Crippen LogP contribution is -1.98. The minimum absolute atomic E-state index is 0.877. The standard InChI is InChI=1S/C66H38N4O2/c1-7-19-53-43(13-1)44-14-2-8-20-54(44)67(53)39-25-29-41(30-26-39)69-57-35-33-49-47-17-5-11-23-61(47)71-65(49)63(57)51-37-52-60(38-59(51)69)70(58-36-34-50-48-18-6-12-24-62(48)72-66(50)64(52)58)42-31-27-40(28-32-42)68-55-21-9-3-15-45(55)46-16-4-10-22-56(46)68/h1-38H. The van der Waals surface area contributed by atoms with Gasteiger partial charge in [0.2, 0.25) is 0 Å². The van der Waals surface area contributed by atoms with Crippen molar-refractivity contribution in [3.63, 3.8) is 0 Å². The molecule has 0 bridgehead atoms. The Hall–Kier alpha value is -9.78. The Morgan fingerprint density at radius 3 is 0.875 bits per heavy atom. The molecule has 0 unspecified atom stereocenters. The van der Waals surface area contributed by atoms with Crippen LogP contribution in [0.5, 0.6) is 0 Å². The fraction of sp³-hybridized carbons (Fsp3) is 0. The summed E-state index contributed by atoms with van der Waals surface area (Å²) in [5.41, 5.74) is 16.9. The smallest absolute Gasteiger partial charge is 0.145 e. The van der Waals surface area contributed by atoms with Crippen molar-refractivity contribution in [2.75, 3.05) is 0 Å². The first-order valence-electron chi connectivity index (χ1n) is 24.6. The van der Waals surface area contributed by atoms with E-state index >= 15 is 0 Å². The van der Waals surface area contributed by atoms with Gasteiger partial charge in [0.1, 0.15) is 22.3 Å². The molecular weight excluding hydrogens is 881 g/mol. The number of furan rings is 2. The molecule has 334 valence electrons. The lowest BCUT2D eigenvalue weighted by molar-refractivity contribution is 0.672. The lowest BCUT2D eigenvalue weighted by atomic mass is 10.0. The Morgan fingerprint density at radius 1 is 0.208 bits per heavy atom. The maximum atomic E-state index is 6.91. The Kier molecular flexibility index (Phi) is 7.38. The highest BCUT2D eigenvalue weighted by Gasteiger charge is 2.25. The summed E-state index contributed by atoms with van der Waals surface area (Å²) < 4.78 is 23.4. The summed E-state index contributed by atoms with van der Waals surface area (Å²) in [5.74, 6) is 0. The van der Waals surface area contributed by atoms with Crippen LogP contribution < -0.4 is 0 Å². The molecule has 0 N–H and O–H groups in total. The summed E-state index contributed by atoms with van der Waals surface area (Å²) in [7, 11) is 0. The van der Waals surface area contributed by atoms with Gasteiger partial charge in [-0.3, -0.25) is 0 Å². The number of hydrogen-bond donors (Lipinski definition) is 0. The molecule has 0 atom stereocenters. The van der Waals surface area contributed by atoms with Gasteiger partial charge in [-0.1, -0.05) is 109 Å². The second kappa shape index (κ2) is 13.9. The first-order valence-corrected chi connectivity index (χ1v) is 24.6. The summed E-state index contributed by atoms with van der Waals surface area (Å²) in [6.45, 7) is 0. The fourth-order valence-electron chi connectivity index (χ4n) is 12.5. The van der Waals surface area contributed by atoms with Gasteiger partial charge in [-0.05, 0) is 121 Å². The Morgan fingerprint density at radius 2 is 0.514 bits per heavy atom. The summed E-state index contributed by atoms with van der Waals surface area (Å²) in [6.07, 6.45) is 0. The molecule has 6 heteroatoms. The molecule has 0 aliphatic rings. The van der Waals surface area contributed by atoms with Gasteiger partial charge in [0.25, 0.3) is 0 Å². The molecule has 6 heterocycles. The zero-order valence-corrected chi connectivity index (χ0v) is 38.5. The van der Waals surface area contributed by atoms with Gasteiger partial charge in [0, 0.05) is 76.6 Å². The van der Waals surface area contributed by atoms with Crippen LogP contribution in [0.2, 0.25) is 0 Å². The van der Waals surface area contributed by atoms with E-state index in [9.17, 15) is 0 Å². The quantitative estimate of drug-likeness (QED) is 0.177. The van der Waals surface area contributed by atoms with Crippen molar-refractivity contribution in [3.8, 4) is 22.7 Å². The first-order chi connectivity index (χ1) is 35.7. The Bertz CT molecular complexity index is 4720. The molecule has 0 spiro atoms. The van der Waals surface area contributed by atoms with Crippen LogP contribution in [0.15, 0.2) is 239 Å². The SMILES string of the molecule is c1ccc2c(c1)oc1c2ccc2c1c1cc3c4c5oc6ccccc6c5ccc4n(-c4ccc(-n5c6ccccc6c6ccccc65)cc4)c3cc1n2-c1ccc(-n2c3ccccc3c3ccccc32)cc1. The summed E-state index contributed by atoms with van der Waals surface area (Å²) in [5, 5.41) is 13.8. The van der Waals surface area contributed by atoms with Crippen LogP contribution in [0, 0.1) is 0 Å². The number of aromatic nitrogens is 4. The molecule has 72 heavy (non-hydrogen) atoms. The van der Waals surface area contributed by atoms with E-state index in [2.05, 4.69) is 249 Å². The molecule has 0 fully saturated rings. The number of benzene rings is 11. The zero-order valence-electron chi connectivity index (χ0n) is 38.5. The Labute approximate surface area is 409 Å². The maximum Gasteiger partial charge on any atom is 0.145 e. The molecule has 0 amide bonds. The highest BCUT2D eigenvalue weighted by Crippen LogP contribution is 2.47. The number of nitrogens with zero attached hydrogens (tertiary/aromatic N) is 4. The third-order valence-corrected chi connectivity index (χ3v) is 15.6. The van der Waals surface area contributed by atoms with Crippen LogP contribution in [0.3, 0.4) is 0 Å². The topological polar surface area (TPSA) is 46.0 Å². The molecule has 0 saturated carbocycles. The molecule has 0 saturated heterocycles. The molecule has 0 aliphatic carbocycles. The highest BCUT2D eigenvalue weighted by atomic mass is 16.3. The number of rotatable bonds is 4. The lowest BCUT2D eigenvalue weighted by Gasteiger charge is -2.13.